The quantitative estimate of drug-likeness (QED) is 0.248. The van der Waals surface area contributed by atoms with E-state index >= 15 is 0 Å². The van der Waals surface area contributed by atoms with Gasteiger partial charge in [-0.25, -0.2) is 9.78 Å². The number of nitrogens with zero attached hydrogens (tertiary/aromatic N) is 1. The Bertz CT molecular complexity index is 1680. The van der Waals surface area contributed by atoms with Crippen LogP contribution in [0.5, 0.6) is 5.75 Å². The molecule has 0 fully saturated rings. The number of aliphatic carboxylic acids is 1. The molecule has 40 heavy (non-hydrogen) atoms. The Balaban J connectivity index is 0.000000470. The largest absolute Gasteiger partial charge is 0.497 e. The van der Waals surface area contributed by atoms with Gasteiger partial charge in [-0.3, -0.25) is 4.79 Å². The average molecular weight is 548 g/mol. The van der Waals surface area contributed by atoms with Gasteiger partial charge in [0.05, 0.1) is 23.7 Å². The highest BCUT2D eigenvalue weighted by atomic mass is 19.4. The zero-order chi connectivity index (χ0) is 28.9. The lowest BCUT2D eigenvalue weighted by Crippen LogP contribution is -2.21. The molecule has 4 N–H and O–H groups in total. The molecule has 5 rings (SSSR count). The number of H-pyrrole nitrogens is 1. The first-order valence-electron chi connectivity index (χ1n) is 12.0. The highest BCUT2D eigenvalue weighted by Crippen LogP contribution is 2.35. The van der Waals surface area contributed by atoms with Gasteiger partial charge in [0.25, 0.3) is 5.56 Å². The molecular weight excluding hydrogens is 523 g/mol. The van der Waals surface area contributed by atoms with Crippen LogP contribution in [-0.2, 0) is 11.3 Å². The third-order valence-electron chi connectivity index (χ3n) is 6.06. The molecular formula is C30H24F3N3O4. The van der Waals surface area contributed by atoms with E-state index in [1.54, 1.807) is 13.3 Å². The van der Waals surface area contributed by atoms with E-state index in [0.717, 1.165) is 44.8 Å². The second-order valence-electron chi connectivity index (χ2n) is 8.61. The number of fused-ring (bicyclic) bond motifs is 1. The number of carboxylic acids is 1. The summed E-state index contributed by atoms with van der Waals surface area (Å²) in [6, 6.07) is 27.8. The number of nitrogens with one attached hydrogen (secondary N) is 1. The minimum absolute atomic E-state index is 0.169. The minimum Gasteiger partial charge on any atom is -0.497 e. The molecule has 0 aliphatic carbocycles. The predicted molar refractivity (Wildman–Crippen MR) is 147 cm³/mol. The number of rotatable bonds is 5. The van der Waals surface area contributed by atoms with Gasteiger partial charge in [0, 0.05) is 29.4 Å². The average Bonchev–Trinajstić information content (AvgIpc) is 2.97. The van der Waals surface area contributed by atoms with E-state index < -0.39 is 12.1 Å². The van der Waals surface area contributed by atoms with Crippen LogP contribution in [0.15, 0.2) is 95.9 Å². The highest BCUT2D eigenvalue weighted by Gasteiger charge is 2.38. The molecule has 5 aromatic rings. The van der Waals surface area contributed by atoms with Crippen molar-refractivity contribution in [3.8, 4) is 39.3 Å². The maximum absolute atomic E-state index is 12.8. The summed E-state index contributed by atoms with van der Waals surface area (Å²) in [4.78, 5) is 29.7. The van der Waals surface area contributed by atoms with Crippen LogP contribution in [-0.4, -0.2) is 34.3 Å². The van der Waals surface area contributed by atoms with Crippen LogP contribution in [0.4, 0.5) is 13.2 Å². The predicted octanol–water partition coefficient (Wildman–Crippen LogP) is 6.02. The van der Waals surface area contributed by atoms with E-state index in [0.29, 0.717) is 17.4 Å². The Morgan fingerprint density at radius 1 is 0.925 bits per heavy atom. The second kappa shape index (κ2) is 11.8. The fraction of sp³-hybridized carbons (Fsp3) is 0.100. The molecule has 7 nitrogen and oxygen atoms in total. The van der Waals surface area contributed by atoms with Crippen molar-refractivity contribution in [3.05, 3.63) is 107 Å². The van der Waals surface area contributed by atoms with Crippen molar-refractivity contribution >= 4 is 16.9 Å². The Labute approximate surface area is 226 Å². The number of carbonyl (C=O) groups is 1. The number of methoxy groups -OCH3 is 1. The number of hydrogen-bond donors (Lipinski definition) is 3. The molecule has 0 spiro atoms. The second-order valence-corrected chi connectivity index (χ2v) is 8.61. The third-order valence-corrected chi connectivity index (χ3v) is 6.06. The van der Waals surface area contributed by atoms with Gasteiger partial charge in [0.15, 0.2) is 0 Å². The van der Waals surface area contributed by atoms with Crippen LogP contribution in [0.1, 0.15) is 5.56 Å². The zero-order valence-corrected chi connectivity index (χ0v) is 21.2. The summed E-state index contributed by atoms with van der Waals surface area (Å²) in [6.45, 7) is 0.480. The Morgan fingerprint density at radius 3 is 2.05 bits per heavy atom. The number of alkyl halides is 3. The SMILES string of the molecule is COc1ccc(-c2c[nH]c(=O)c3cc(-c4ccccc4)c(-c4ccc(CN)cc4)nc23)cc1.O=C(O)C(F)(F)F. The number of aromatic nitrogens is 2. The molecule has 2 aromatic heterocycles. The van der Waals surface area contributed by atoms with Crippen molar-refractivity contribution in [1.29, 1.82) is 0 Å². The van der Waals surface area contributed by atoms with E-state index in [4.69, 9.17) is 25.4 Å². The lowest BCUT2D eigenvalue weighted by molar-refractivity contribution is -0.192. The summed E-state index contributed by atoms with van der Waals surface area (Å²) < 4.78 is 37.0. The van der Waals surface area contributed by atoms with Gasteiger partial charge < -0.3 is 20.6 Å². The first-order valence-corrected chi connectivity index (χ1v) is 12.0. The number of benzene rings is 3. The van der Waals surface area contributed by atoms with Crippen molar-refractivity contribution in [2.45, 2.75) is 12.7 Å². The van der Waals surface area contributed by atoms with Crippen LogP contribution in [0.3, 0.4) is 0 Å². The Morgan fingerprint density at radius 2 is 1.50 bits per heavy atom. The molecule has 0 aliphatic heterocycles. The van der Waals surface area contributed by atoms with E-state index in [9.17, 15) is 18.0 Å². The summed E-state index contributed by atoms with van der Waals surface area (Å²) >= 11 is 0. The van der Waals surface area contributed by atoms with Crippen molar-refractivity contribution in [2.24, 2.45) is 5.73 Å². The van der Waals surface area contributed by atoms with E-state index in [2.05, 4.69) is 4.98 Å². The minimum atomic E-state index is -5.08. The maximum Gasteiger partial charge on any atom is 0.490 e. The summed E-state index contributed by atoms with van der Waals surface area (Å²) in [6.07, 6.45) is -3.36. The monoisotopic (exact) mass is 547 g/mol. The number of nitrogens with two attached hydrogens (primary N) is 1. The maximum atomic E-state index is 12.8. The Hall–Kier alpha value is -4.96. The fourth-order valence-electron chi connectivity index (χ4n) is 4.02. The van der Waals surface area contributed by atoms with Crippen LogP contribution in [0.25, 0.3) is 44.4 Å². The molecule has 10 heteroatoms. The molecule has 0 saturated carbocycles. The summed E-state index contributed by atoms with van der Waals surface area (Å²) in [7, 11) is 1.64. The van der Waals surface area contributed by atoms with Crippen molar-refractivity contribution in [3.63, 3.8) is 0 Å². The smallest absolute Gasteiger partial charge is 0.490 e. The zero-order valence-electron chi connectivity index (χ0n) is 21.2. The van der Waals surface area contributed by atoms with Gasteiger partial charge in [0.2, 0.25) is 0 Å². The number of halogens is 3. The van der Waals surface area contributed by atoms with Crippen molar-refractivity contribution in [2.75, 3.05) is 7.11 Å². The molecule has 0 unspecified atom stereocenters. The number of aromatic amines is 1. The molecule has 0 saturated heterocycles. The number of ether oxygens (including phenoxy) is 1. The molecule has 0 aliphatic rings. The van der Waals surface area contributed by atoms with Crippen LogP contribution in [0.2, 0.25) is 0 Å². The number of carboxylic acid groups (broad SMARTS) is 1. The van der Waals surface area contributed by atoms with Gasteiger partial charge in [-0.2, -0.15) is 13.2 Å². The van der Waals surface area contributed by atoms with Gasteiger partial charge in [-0.05, 0) is 34.9 Å². The summed E-state index contributed by atoms with van der Waals surface area (Å²) in [5.41, 5.74) is 12.8. The number of hydrogen-bond acceptors (Lipinski definition) is 5. The van der Waals surface area contributed by atoms with Gasteiger partial charge in [-0.15, -0.1) is 0 Å². The summed E-state index contributed by atoms with van der Waals surface area (Å²) in [5.74, 6) is -1.99. The molecule has 204 valence electrons. The van der Waals surface area contributed by atoms with Crippen LogP contribution in [0, 0.1) is 0 Å². The van der Waals surface area contributed by atoms with Crippen molar-refractivity contribution < 1.29 is 27.8 Å². The van der Waals surface area contributed by atoms with Gasteiger partial charge in [-0.1, -0.05) is 66.7 Å². The molecule has 0 bridgehead atoms. The first-order chi connectivity index (χ1) is 19.1. The lowest BCUT2D eigenvalue weighted by atomic mass is 9.95. The molecule has 2 heterocycles. The third kappa shape index (κ3) is 6.19. The fourth-order valence-corrected chi connectivity index (χ4v) is 4.02. The molecule has 0 atom stereocenters. The normalized spacial score (nSPS) is 11.0. The Kier molecular flexibility index (Phi) is 8.30. The standard InChI is InChI=1S/C28H23N3O2.C2HF3O2/c1-33-22-13-11-20(12-14-22)25-17-30-28(32)24-15-23(19-5-3-2-4-6-19)26(31-27(24)25)21-9-7-18(16-29)8-10-21;3-2(4,5)1(6)7/h2-15,17H,16,29H2,1H3,(H,30,32);(H,6,7). The highest BCUT2D eigenvalue weighted by molar-refractivity contribution is 5.98. The lowest BCUT2D eigenvalue weighted by Gasteiger charge is -2.14. The van der Waals surface area contributed by atoms with Gasteiger partial charge >= 0.3 is 12.1 Å². The van der Waals surface area contributed by atoms with E-state index in [-0.39, 0.29) is 5.56 Å². The van der Waals surface area contributed by atoms with Crippen LogP contribution < -0.4 is 16.0 Å². The first kappa shape index (κ1) is 28.1. The van der Waals surface area contributed by atoms with E-state index in [1.807, 2.05) is 84.9 Å². The molecule has 0 radical (unpaired) electrons. The number of pyridine rings is 2. The molecule has 0 amide bonds. The van der Waals surface area contributed by atoms with Crippen LogP contribution >= 0.6 is 0 Å². The topological polar surface area (TPSA) is 118 Å². The van der Waals surface area contributed by atoms with Gasteiger partial charge in [0.1, 0.15) is 5.75 Å². The summed E-state index contributed by atoms with van der Waals surface area (Å²) in [5, 5.41) is 7.67. The van der Waals surface area contributed by atoms with Crippen molar-refractivity contribution in [1.82, 2.24) is 9.97 Å². The molecule has 3 aromatic carbocycles. The van der Waals surface area contributed by atoms with E-state index in [1.165, 1.54) is 0 Å².